The summed E-state index contributed by atoms with van der Waals surface area (Å²) in [6.45, 7) is 5.58. The molecule has 5 nitrogen and oxygen atoms in total. The first-order valence-electron chi connectivity index (χ1n) is 12.2. The SMILES string of the molecule is Cc1ccc(-c2ncc(C(=O)N3CCCC3)c(N3CCC(Cc4ccccc4)CC3)n2)cc1. The first-order valence-corrected chi connectivity index (χ1v) is 12.2. The topological polar surface area (TPSA) is 49.3 Å². The molecule has 0 aliphatic carbocycles. The Hall–Kier alpha value is -3.21. The average molecular weight is 441 g/mol. The molecule has 0 spiro atoms. The molecule has 2 fully saturated rings. The van der Waals surface area contributed by atoms with Gasteiger partial charge in [-0.15, -0.1) is 0 Å². The molecule has 0 saturated carbocycles. The van der Waals surface area contributed by atoms with Crippen LogP contribution >= 0.6 is 0 Å². The Labute approximate surface area is 196 Å². The summed E-state index contributed by atoms with van der Waals surface area (Å²) in [5.74, 6) is 2.23. The molecular formula is C28H32N4O. The van der Waals surface area contributed by atoms with E-state index in [0.29, 0.717) is 17.3 Å². The second-order valence-electron chi connectivity index (χ2n) is 9.42. The zero-order valence-corrected chi connectivity index (χ0v) is 19.4. The Balaban J connectivity index is 1.39. The molecule has 3 heterocycles. The van der Waals surface area contributed by atoms with Crippen molar-refractivity contribution < 1.29 is 4.79 Å². The summed E-state index contributed by atoms with van der Waals surface area (Å²) in [6.07, 6.45) is 7.25. The van der Waals surface area contributed by atoms with Crippen molar-refractivity contribution in [1.82, 2.24) is 14.9 Å². The van der Waals surface area contributed by atoms with E-state index in [0.717, 1.165) is 69.7 Å². The highest BCUT2D eigenvalue weighted by atomic mass is 16.2. The van der Waals surface area contributed by atoms with Gasteiger partial charge in [-0.25, -0.2) is 9.97 Å². The molecule has 1 amide bonds. The number of aryl methyl sites for hydroxylation is 1. The van der Waals surface area contributed by atoms with Gasteiger partial charge in [0.15, 0.2) is 5.82 Å². The van der Waals surface area contributed by atoms with Crippen LogP contribution in [-0.2, 0) is 6.42 Å². The molecule has 1 aromatic heterocycles. The Kier molecular flexibility index (Phi) is 6.38. The van der Waals surface area contributed by atoms with Crippen molar-refractivity contribution in [3.05, 3.63) is 77.5 Å². The molecule has 5 heteroatoms. The Bertz CT molecular complexity index is 1080. The van der Waals surface area contributed by atoms with Gasteiger partial charge in [0.05, 0.1) is 0 Å². The molecule has 0 radical (unpaired) electrons. The fraction of sp³-hybridized carbons (Fsp3) is 0.393. The van der Waals surface area contributed by atoms with Gasteiger partial charge in [-0.3, -0.25) is 4.79 Å². The molecule has 5 rings (SSSR count). The number of nitrogens with zero attached hydrogens (tertiary/aromatic N) is 4. The van der Waals surface area contributed by atoms with Gasteiger partial charge >= 0.3 is 0 Å². The summed E-state index contributed by atoms with van der Waals surface area (Å²) in [5.41, 5.74) is 4.25. The number of rotatable bonds is 5. The average Bonchev–Trinajstić information content (AvgIpc) is 3.40. The lowest BCUT2D eigenvalue weighted by molar-refractivity contribution is 0.0792. The summed E-state index contributed by atoms with van der Waals surface area (Å²) in [5, 5.41) is 0. The van der Waals surface area contributed by atoms with Crippen molar-refractivity contribution in [2.24, 2.45) is 5.92 Å². The first-order chi connectivity index (χ1) is 16.2. The third-order valence-corrected chi connectivity index (χ3v) is 6.98. The van der Waals surface area contributed by atoms with Crippen molar-refractivity contribution in [3.63, 3.8) is 0 Å². The van der Waals surface area contributed by atoms with E-state index in [2.05, 4.69) is 71.4 Å². The number of amides is 1. The van der Waals surface area contributed by atoms with E-state index in [1.807, 2.05) is 4.90 Å². The second kappa shape index (κ2) is 9.74. The van der Waals surface area contributed by atoms with E-state index in [9.17, 15) is 4.79 Å². The largest absolute Gasteiger partial charge is 0.356 e. The molecule has 33 heavy (non-hydrogen) atoms. The second-order valence-corrected chi connectivity index (χ2v) is 9.42. The van der Waals surface area contributed by atoms with Gasteiger partial charge < -0.3 is 9.80 Å². The zero-order chi connectivity index (χ0) is 22.6. The van der Waals surface area contributed by atoms with E-state index in [1.54, 1.807) is 6.20 Å². The third-order valence-electron chi connectivity index (χ3n) is 6.98. The van der Waals surface area contributed by atoms with Crippen LogP contribution in [0.15, 0.2) is 60.8 Å². The maximum atomic E-state index is 13.3. The zero-order valence-electron chi connectivity index (χ0n) is 19.4. The normalized spacial score (nSPS) is 16.9. The van der Waals surface area contributed by atoms with Gasteiger partial charge in [0.2, 0.25) is 0 Å². The highest BCUT2D eigenvalue weighted by molar-refractivity contribution is 5.99. The number of aromatic nitrogens is 2. The van der Waals surface area contributed by atoms with Gasteiger partial charge in [-0.05, 0) is 50.5 Å². The number of hydrogen-bond acceptors (Lipinski definition) is 4. The predicted molar refractivity (Wildman–Crippen MR) is 132 cm³/mol. The van der Waals surface area contributed by atoms with Gasteiger partial charge in [-0.2, -0.15) is 0 Å². The molecule has 3 aromatic rings. The smallest absolute Gasteiger partial charge is 0.259 e. The van der Waals surface area contributed by atoms with E-state index < -0.39 is 0 Å². The van der Waals surface area contributed by atoms with E-state index in [-0.39, 0.29) is 5.91 Å². The van der Waals surface area contributed by atoms with Crippen LogP contribution in [0.4, 0.5) is 5.82 Å². The summed E-state index contributed by atoms with van der Waals surface area (Å²) in [4.78, 5) is 27.2. The molecule has 2 aliphatic rings. The minimum absolute atomic E-state index is 0.0735. The molecule has 170 valence electrons. The third kappa shape index (κ3) is 4.92. The van der Waals surface area contributed by atoms with Gasteiger partial charge in [0, 0.05) is 37.9 Å². The first kappa shape index (κ1) is 21.6. The Morgan fingerprint density at radius 3 is 2.33 bits per heavy atom. The maximum absolute atomic E-state index is 13.3. The van der Waals surface area contributed by atoms with Crippen LogP contribution in [0.1, 0.15) is 47.2 Å². The number of piperidine rings is 1. The standard InChI is InChI=1S/C28H32N4O/c1-21-9-11-24(12-10-21)26-29-20-25(28(33)32-15-5-6-16-32)27(30-26)31-17-13-23(14-18-31)19-22-7-3-2-4-8-22/h2-4,7-12,20,23H,5-6,13-19H2,1H3. The number of hydrogen-bond donors (Lipinski definition) is 0. The monoisotopic (exact) mass is 440 g/mol. The molecule has 2 aromatic carbocycles. The van der Waals surface area contributed by atoms with Gasteiger partial charge in [0.25, 0.3) is 5.91 Å². The maximum Gasteiger partial charge on any atom is 0.259 e. The molecule has 0 N–H and O–H groups in total. The number of benzene rings is 2. The van der Waals surface area contributed by atoms with Crippen molar-refractivity contribution >= 4 is 11.7 Å². The summed E-state index contributed by atoms with van der Waals surface area (Å²) in [6, 6.07) is 19.0. The number of likely N-dealkylation sites (tertiary alicyclic amines) is 1. The van der Waals surface area contributed by atoms with Crippen LogP contribution in [0.5, 0.6) is 0 Å². The van der Waals surface area contributed by atoms with Crippen molar-refractivity contribution in [2.75, 3.05) is 31.1 Å². The summed E-state index contributed by atoms with van der Waals surface area (Å²) in [7, 11) is 0. The predicted octanol–water partition coefficient (Wildman–Crippen LogP) is 5.15. The Morgan fingerprint density at radius 2 is 1.64 bits per heavy atom. The molecule has 0 atom stereocenters. The lowest BCUT2D eigenvalue weighted by Gasteiger charge is -2.34. The minimum atomic E-state index is 0.0735. The fourth-order valence-corrected chi connectivity index (χ4v) is 4.99. The lowest BCUT2D eigenvalue weighted by Crippen LogP contribution is -2.37. The van der Waals surface area contributed by atoms with Crippen LogP contribution in [0, 0.1) is 12.8 Å². The quantitative estimate of drug-likeness (QED) is 0.551. The lowest BCUT2D eigenvalue weighted by atomic mass is 9.90. The van der Waals surface area contributed by atoms with Crippen molar-refractivity contribution in [1.29, 1.82) is 0 Å². The number of carbonyl (C=O) groups is 1. The fourth-order valence-electron chi connectivity index (χ4n) is 4.99. The Morgan fingerprint density at radius 1 is 0.939 bits per heavy atom. The molecule has 2 aliphatic heterocycles. The number of anilines is 1. The van der Waals surface area contributed by atoms with Crippen LogP contribution in [0.25, 0.3) is 11.4 Å². The number of carbonyl (C=O) groups excluding carboxylic acids is 1. The molecule has 0 unspecified atom stereocenters. The minimum Gasteiger partial charge on any atom is -0.356 e. The van der Waals surface area contributed by atoms with Crippen LogP contribution in [0.2, 0.25) is 0 Å². The van der Waals surface area contributed by atoms with E-state index in [1.165, 1.54) is 11.1 Å². The highest BCUT2D eigenvalue weighted by Crippen LogP contribution is 2.30. The van der Waals surface area contributed by atoms with E-state index >= 15 is 0 Å². The molecule has 0 bridgehead atoms. The van der Waals surface area contributed by atoms with Crippen molar-refractivity contribution in [2.45, 2.75) is 39.0 Å². The van der Waals surface area contributed by atoms with Gasteiger partial charge in [0.1, 0.15) is 11.4 Å². The molecular weight excluding hydrogens is 408 g/mol. The van der Waals surface area contributed by atoms with Gasteiger partial charge in [-0.1, -0.05) is 60.2 Å². The van der Waals surface area contributed by atoms with Crippen molar-refractivity contribution in [3.8, 4) is 11.4 Å². The summed E-state index contributed by atoms with van der Waals surface area (Å²) >= 11 is 0. The molecule has 2 saturated heterocycles. The van der Waals surface area contributed by atoms with Crippen LogP contribution < -0.4 is 4.90 Å². The summed E-state index contributed by atoms with van der Waals surface area (Å²) < 4.78 is 0. The van der Waals surface area contributed by atoms with E-state index in [4.69, 9.17) is 4.98 Å². The highest BCUT2D eigenvalue weighted by Gasteiger charge is 2.28. The van der Waals surface area contributed by atoms with Crippen LogP contribution in [0.3, 0.4) is 0 Å². The van der Waals surface area contributed by atoms with Crippen LogP contribution in [-0.4, -0.2) is 47.0 Å².